The van der Waals surface area contributed by atoms with Crippen molar-refractivity contribution in [3.8, 4) is 11.5 Å². The molecule has 4 aliphatic rings. The highest BCUT2D eigenvalue weighted by Gasteiger charge is 2.50. The Balaban J connectivity index is 1.41. The number of benzene rings is 2. The molecule has 6 rings (SSSR count). The van der Waals surface area contributed by atoms with Gasteiger partial charge in [-0.05, 0) is 13.8 Å². The number of ether oxygens (including phenoxy) is 2. The quantitative estimate of drug-likeness (QED) is 0.180. The Kier molecular flexibility index (Phi) is 7.00. The maximum atomic E-state index is 13.5. The molecule has 0 amide bonds. The first-order valence-corrected chi connectivity index (χ1v) is 15.6. The lowest BCUT2D eigenvalue weighted by Crippen LogP contribution is -2.53. The number of hydrogen-bond donors (Lipinski definition) is 4. The first-order valence-electron chi connectivity index (χ1n) is 13.8. The Morgan fingerprint density at radius 1 is 1.07 bits per heavy atom. The second-order valence-corrected chi connectivity index (χ2v) is 13.3. The number of phenols is 2. The van der Waals surface area contributed by atoms with Crippen LogP contribution in [0.5, 0.6) is 11.5 Å². The molecule has 0 aromatic heterocycles. The van der Waals surface area contributed by atoms with Crippen LogP contribution in [0.3, 0.4) is 0 Å². The predicted molar refractivity (Wildman–Crippen MR) is 146 cm³/mol. The van der Waals surface area contributed by atoms with Crippen molar-refractivity contribution in [3.63, 3.8) is 0 Å². The molecule has 0 saturated carbocycles. The first-order chi connectivity index (χ1) is 19.7. The summed E-state index contributed by atoms with van der Waals surface area (Å²) in [5, 5.41) is 45.0. The van der Waals surface area contributed by atoms with Gasteiger partial charge in [0.05, 0.1) is 41.3 Å². The van der Waals surface area contributed by atoms with Crippen LogP contribution in [0.15, 0.2) is 24.3 Å². The zero-order chi connectivity index (χ0) is 30.3. The smallest absolute Gasteiger partial charge is 0.264 e. The van der Waals surface area contributed by atoms with E-state index in [1.807, 2.05) is 4.90 Å². The van der Waals surface area contributed by atoms with Crippen molar-refractivity contribution in [3.05, 3.63) is 57.6 Å². The number of ketones is 2. The van der Waals surface area contributed by atoms with Crippen LogP contribution in [0.4, 0.5) is 0 Å². The summed E-state index contributed by atoms with van der Waals surface area (Å²) in [5.41, 5.74) is -2.38. The van der Waals surface area contributed by atoms with E-state index in [9.17, 15) is 38.4 Å². The topological polar surface area (TPSA) is 180 Å². The maximum Gasteiger partial charge on any atom is 0.264 e. The van der Waals surface area contributed by atoms with E-state index in [0.29, 0.717) is 0 Å². The van der Waals surface area contributed by atoms with Crippen LogP contribution >= 0.6 is 0 Å². The van der Waals surface area contributed by atoms with Crippen LogP contribution in [0, 0.1) is 0 Å². The van der Waals surface area contributed by atoms with Crippen LogP contribution in [-0.4, -0.2) is 101 Å². The molecule has 2 saturated heterocycles. The van der Waals surface area contributed by atoms with Crippen LogP contribution < -0.4 is 0 Å². The number of hydrogen-bond acceptors (Lipinski definition) is 12. The fourth-order valence-electron chi connectivity index (χ4n) is 6.52. The lowest BCUT2D eigenvalue weighted by atomic mass is 9.71. The summed E-state index contributed by atoms with van der Waals surface area (Å²) in [5.74, 6) is -2.41. The second-order valence-electron chi connectivity index (χ2n) is 11.7. The number of rotatable bonds is 6. The van der Waals surface area contributed by atoms with Crippen molar-refractivity contribution in [2.75, 3.05) is 19.3 Å². The summed E-state index contributed by atoms with van der Waals surface area (Å²) in [6, 6.07) is 5.74. The molecule has 226 valence electrons. The number of carbonyl (C=O) groups excluding carboxylic acids is 2. The zero-order valence-corrected chi connectivity index (χ0v) is 24.1. The van der Waals surface area contributed by atoms with Gasteiger partial charge in [-0.2, -0.15) is 8.42 Å². The van der Waals surface area contributed by atoms with Crippen molar-refractivity contribution < 1.29 is 52.1 Å². The van der Waals surface area contributed by atoms with Crippen molar-refractivity contribution in [2.24, 2.45) is 0 Å². The molecule has 13 heteroatoms. The van der Waals surface area contributed by atoms with Gasteiger partial charge < -0.3 is 29.9 Å². The number of phenolic OH excluding ortho intramolecular Hbond substituents is 2. The highest BCUT2D eigenvalue weighted by Crippen LogP contribution is 2.52. The lowest BCUT2D eigenvalue weighted by molar-refractivity contribution is -0.253. The molecule has 2 aromatic carbocycles. The van der Waals surface area contributed by atoms with Gasteiger partial charge in [-0.25, -0.2) is 0 Å². The molecule has 2 aliphatic carbocycles. The standard InChI is InChI=1S/C29H33NO11S/c1-13-28(41-42(3,37)38)18(30-8-9-30)10-20(39-13)40-19-12-29(36,14(2)31)11-17-21(19)27(35)23-22(26(17)34)24(32)15-6-4-5-7-16(15)25(23)33/h4-7,13-14,18-20,28,31,34-36H,8-12H2,1-3H3/t13?,14-,18?,19-,20?,28?,29-/m0/s1. The van der Waals surface area contributed by atoms with E-state index in [4.69, 9.17) is 13.7 Å². The molecule has 0 radical (unpaired) electrons. The van der Waals surface area contributed by atoms with E-state index < -0.39 is 69.5 Å². The summed E-state index contributed by atoms with van der Waals surface area (Å²) in [4.78, 5) is 29.0. The predicted octanol–water partition coefficient (Wildman–Crippen LogP) is 1.15. The first kappa shape index (κ1) is 29.2. The lowest BCUT2D eigenvalue weighted by Gasteiger charge is -2.44. The molecule has 2 aromatic rings. The Labute approximate surface area is 242 Å². The van der Waals surface area contributed by atoms with Gasteiger partial charge in [0.15, 0.2) is 17.9 Å². The summed E-state index contributed by atoms with van der Waals surface area (Å²) >= 11 is 0. The second kappa shape index (κ2) is 10.1. The maximum absolute atomic E-state index is 13.5. The molecular weight excluding hydrogens is 570 g/mol. The summed E-state index contributed by atoms with van der Waals surface area (Å²) in [6.45, 7) is 4.51. The largest absolute Gasteiger partial charge is 0.507 e. The molecule has 2 aliphatic heterocycles. The van der Waals surface area contributed by atoms with Crippen LogP contribution in [-0.2, 0) is 30.2 Å². The molecule has 0 bridgehead atoms. The van der Waals surface area contributed by atoms with Gasteiger partial charge in [-0.1, -0.05) is 24.3 Å². The number of aromatic hydroxyl groups is 2. The van der Waals surface area contributed by atoms with Crippen LogP contribution in [0.2, 0.25) is 0 Å². The minimum absolute atomic E-state index is 0.0175. The Morgan fingerprint density at radius 3 is 2.21 bits per heavy atom. The molecule has 2 heterocycles. The normalized spacial score (nSPS) is 31.7. The molecule has 7 atom stereocenters. The third-order valence-corrected chi connectivity index (χ3v) is 9.35. The van der Waals surface area contributed by atoms with E-state index >= 15 is 0 Å². The number of aliphatic hydroxyl groups excluding tert-OH is 1. The molecule has 4 unspecified atom stereocenters. The molecule has 12 nitrogen and oxygen atoms in total. The Bertz CT molecular complexity index is 1580. The van der Waals surface area contributed by atoms with Gasteiger partial charge in [-0.15, -0.1) is 0 Å². The van der Waals surface area contributed by atoms with Gasteiger partial charge in [0.1, 0.15) is 17.6 Å². The molecule has 2 fully saturated rings. The van der Waals surface area contributed by atoms with E-state index in [0.717, 1.165) is 19.3 Å². The fourth-order valence-corrected chi connectivity index (χ4v) is 7.21. The summed E-state index contributed by atoms with van der Waals surface area (Å²) < 4.78 is 41.6. The highest BCUT2D eigenvalue weighted by atomic mass is 32.2. The van der Waals surface area contributed by atoms with Crippen LogP contribution in [0.1, 0.15) is 75.8 Å². The van der Waals surface area contributed by atoms with Gasteiger partial charge in [0, 0.05) is 60.6 Å². The van der Waals surface area contributed by atoms with Crippen LogP contribution in [0.25, 0.3) is 0 Å². The highest BCUT2D eigenvalue weighted by molar-refractivity contribution is 7.86. The molecule has 4 N–H and O–H groups in total. The number of carbonyl (C=O) groups is 2. The third-order valence-electron chi connectivity index (χ3n) is 8.78. The average molecular weight is 604 g/mol. The number of fused-ring (bicyclic) bond motifs is 3. The minimum Gasteiger partial charge on any atom is -0.507 e. The molecule has 0 spiro atoms. The van der Waals surface area contributed by atoms with Gasteiger partial charge in [-0.3, -0.25) is 18.7 Å². The van der Waals surface area contributed by atoms with Gasteiger partial charge >= 0.3 is 0 Å². The SMILES string of the molecule is CC1OC(O[C@H]2C[C@](O)([C@H](C)O)Cc3c(O)c4c(c(O)c32)C(=O)c2ccccc2C4=O)CC(N2CC2)C1OS(C)(=O)=O. The van der Waals surface area contributed by atoms with Crippen molar-refractivity contribution >= 4 is 21.7 Å². The molecular formula is C29H33NO11S. The third kappa shape index (κ3) is 4.82. The van der Waals surface area contributed by atoms with E-state index in [1.54, 1.807) is 19.1 Å². The Morgan fingerprint density at radius 2 is 1.67 bits per heavy atom. The summed E-state index contributed by atoms with van der Waals surface area (Å²) in [7, 11) is -3.78. The molecule has 42 heavy (non-hydrogen) atoms. The summed E-state index contributed by atoms with van der Waals surface area (Å²) in [6.07, 6.45) is -4.33. The average Bonchev–Trinajstić information content (AvgIpc) is 3.75. The van der Waals surface area contributed by atoms with E-state index in [2.05, 4.69) is 0 Å². The fraction of sp³-hybridized carbons (Fsp3) is 0.517. The van der Waals surface area contributed by atoms with E-state index in [1.165, 1.54) is 19.1 Å². The number of aliphatic hydroxyl groups is 2. The Hall–Kier alpha value is -2.91. The van der Waals surface area contributed by atoms with Crippen molar-refractivity contribution in [1.29, 1.82) is 0 Å². The number of nitrogens with zero attached hydrogens (tertiary/aromatic N) is 1. The van der Waals surface area contributed by atoms with Crippen molar-refractivity contribution in [1.82, 2.24) is 4.90 Å². The minimum atomic E-state index is -3.78. The van der Waals surface area contributed by atoms with E-state index in [-0.39, 0.29) is 58.7 Å². The zero-order valence-electron chi connectivity index (χ0n) is 23.3. The monoisotopic (exact) mass is 603 g/mol. The van der Waals surface area contributed by atoms with Gasteiger partial charge in [0.2, 0.25) is 0 Å². The van der Waals surface area contributed by atoms with Crippen molar-refractivity contribution in [2.45, 2.75) is 75.5 Å². The van der Waals surface area contributed by atoms with Gasteiger partial charge in [0.25, 0.3) is 10.1 Å².